The number of nitrogens with zero attached hydrogens (tertiary/aromatic N) is 1. The Morgan fingerprint density at radius 3 is 1.83 bits per heavy atom. The van der Waals surface area contributed by atoms with E-state index >= 15 is 0 Å². The van der Waals surface area contributed by atoms with Gasteiger partial charge >= 0.3 is 0 Å². The van der Waals surface area contributed by atoms with Crippen LogP contribution in [0.4, 0.5) is 0 Å². The molecule has 2 saturated carbocycles. The van der Waals surface area contributed by atoms with Crippen LogP contribution in [0.2, 0.25) is 0 Å². The van der Waals surface area contributed by atoms with Gasteiger partial charge in [0.15, 0.2) is 0 Å². The molecule has 1 heterocycles. The van der Waals surface area contributed by atoms with E-state index in [1.807, 2.05) is 57.2 Å². The molecular formula is C22H19FeN. The maximum absolute atomic E-state index is 4.61. The number of hydrogen-bond acceptors (Lipinski definition) is 1. The summed E-state index contributed by atoms with van der Waals surface area (Å²) in [6, 6.07) is 14.6. The Bertz CT molecular complexity index is 591. The number of rotatable bonds is 2. The minimum Gasteiger partial charge on any atom is -0.253 e. The molecule has 2 aliphatic rings. The predicted molar refractivity (Wildman–Crippen MR) is 95.5 cm³/mol. The second-order valence-electron chi connectivity index (χ2n) is 5.38. The van der Waals surface area contributed by atoms with Crippen LogP contribution in [0.1, 0.15) is 11.3 Å². The molecule has 2 aliphatic carbocycles. The van der Waals surface area contributed by atoms with Crippen LogP contribution in [0.15, 0.2) is 42.5 Å². The molecule has 0 bridgehead atoms. The Morgan fingerprint density at radius 2 is 1.25 bits per heavy atom. The molecule has 1 aromatic heterocycles. The van der Waals surface area contributed by atoms with Crippen LogP contribution in [0.25, 0.3) is 11.3 Å². The third-order valence-corrected chi connectivity index (χ3v) is 3.57. The number of aryl methyl sites for hydroxylation is 1. The van der Waals surface area contributed by atoms with Gasteiger partial charge in [0, 0.05) is 34.2 Å². The smallest absolute Gasteiger partial charge is 0.0708 e. The second kappa shape index (κ2) is 10.0. The number of pyridine rings is 1. The van der Waals surface area contributed by atoms with Crippen LogP contribution in [-0.2, 0) is 17.1 Å². The fourth-order valence-electron chi connectivity index (χ4n) is 2.48. The number of aromatic nitrogens is 1. The monoisotopic (exact) mass is 353 g/mol. The molecule has 24 heavy (non-hydrogen) atoms. The Morgan fingerprint density at radius 1 is 0.667 bits per heavy atom. The van der Waals surface area contributed by atoms with Crippen molar-refractivity contribution in [2.75, 3.05) is 0 Å². The molecule has 0 saturated heterocycles. The minimum absolute atomic E-state index is 0. The van der Waals surface area contributed by atoms with Crippen LogP contribution in [-0.4, -0.2) is 4.98 Å². The van der Waals surface area contributed by atoms with Crippen molar-refractivity contribution >= 4 is 0 Å². The molecule has 1 nitrogen and oxygen atoms in total. The number of benzene rings is 1. The van der Waals surface area contributed by atoms with Gasteiger partial charge in [-0.2, -0.15) is 0 Å². The minimum atomic E-state index is 0. The van der Waals surface area contributed by atoms with Crippen molar-refractivity contribution in [3.8, 4) is 11.3 Å². The fraction of sp³-hybridized carbons (Fsp3) is 0.0455. The summed E-state index contributed by atoms with van der Waals surface area (Å²) in [5.41, 5.74) is 4.47. The van der Waals surface area contributed by atoms with Gasteiger partial charge in [0.2, 0.25) is 0 Å². The van der Waals surface area contributed by atoms with Gasteiger partial charge in [0.05, 0.1) is 5.69 Å². The first-order valence-corrected chi connectivity index (χ1v) is 7.76. The van der Waals surface area contributed by atoms with Crippen molar-refractivity contribution < 1.29 is 17.1 Å². The molecule has 10 radical (unpaired) electrons. The molecule has 0 atom stereocenters. The Hall–Kier alpha value is -1.11. The van der Waals surface area contributed by atoms with Crippen LogP contribution >= 0.6 is 0 Å². The van der Waals surface area contributed by atoms with E-state index in [-0.39, 0.29) is 17.1 Å². The summed E-state index contributed by atoms with van der Waals surface area (Å²) < 4.78 is 0. The first kappa shape index (κ1) is 19.2. The first-order valence-electron chi connectivity index (χ1n) is 7.76. The Balaban J connectivity index is 0.000000300. The van der Waals surface area contributed by atoms with Gasteiger partial charge in [-0.15, -0.1) is 0 Å². The zero-order valence-electron chi connectivity index (χ0n) is 13.5. The first-order chi connectivity index (χ1) is 11.3. The van der Waals surface area contributed by atoms with Gasteiger partial charge in [-0.05, 0) is 82.4 Å². The van der Waals surface area contributed by atoms with E-state index < -0.39 is 0 Å². The van der Waals surface area contributed by atoms with Crippen molar-refractivity contribution in [3.63, 3.8) is 0 Å². The van der Waals surface area contributed by atoms with Gasteiger partial charge < -0.3 is 0 Å². The summed E-state index contributed by atoms with van der Waals surface area (Å²) in [5.74, 6) is 1.25. The summed E-state index contributed by atoms with van der Waals surface area (Å²) in [6.45, 7) is 2.04. The van der Waals surface area contributed by atoms with Crippen molar-refractivity contribution in [1.82, 2.24) is 4.98 Å². The third-order valence-electron chi connectivity index (χ3n) is 3.57. The van der Waals surface area contributed by atoms with E-state index in [1.54, 1.807) is 0 Å². The quantitative estimate of drug-likeness (QED) is 0.705. The van der Waals surface area contributed by atoms with Crippen molar-refractivity contribution in [2.45, 2.75) is 6.92 Å². The van der Waals surface area contributed by atoms with Gasteiger partial charge in [0.25, 0.3) is 0 Å². The van der Waals surface area contributed by atoms with Crippen LogP contribution in [0, 0.1) is 70.6 Å². The van der Waals surface area contributed by atoms with Gasteiger partial charge in [-0.1, -0.05) is 30.3 Å². The molecular weight excluding hydrogens is 334 g/mol. The molecule has 0 unspecified atom stereocenters. The van der Waals surface area contributed by atoms with Gasteiger partial charge in [-0.3, -0.25) is 4.98 Å². The van der Waals surface area contributed by atoms with Crippen molar-refractivity contribution in [3.05, 3.63) is 117 Å². The normalized spacial score (nSPS) is 17.0. The average molecular weight is 353 g/mol. The van der Waals surface area contributed by atoms with Crippen molar-refractivity contribution in [1.29, 1.82) is 0 Å². The summed E-state index contributed by atoms with van der Waals surface area (Å²) in [6.07, 6.45) is 18.4. The van der Waals surface area contributed by atoms with Gasteiger partial charge in [-0.25, -0.2) is 0 Å². The zero-order valence-corrected chi connectivity index (χ0v) is 14.6. The molecule has 0 aliphatic heterocycles. The molecule has 2 fully saturated rings. The molecule has 120 valence electrons. The van der Waals surface area contributed by atoms with E-state index in [2.05, 4.69) is 54.9 Å². The van der Waals surface area contributed by atoms with E-state index in [4.69, 9.17) is 0 Å². The predicted octanol–water partition coefficient (Wildman–Crippen LogP) is 4.83. The fourth-order valence-corrected chi connectivity index (χ4v) is 2.48. The zero-order chi connectivity index (χ0) is 15.9. The van der Waals surface area contributed by atoms with E-state index in [0.29, 0.717) is 0 Å². The summed E-state index contributed by atoms with van der Waals surface area (Å²) in [4.78, 5) is 4.61. The van der Waals surface area contributed by atoms with E-state index in [0.717, 1.165) is 17.0 Å². The third kappa shape index (κ3) is 5.46. The topological polar surface area (TPSA) is 12.9 Å². The molecule has 0 N–H and O–H groups in total. The largest absolute Gasteiger partial charge is 0.253 e. The molecule has 2 heteroatoms. The SMILES string of the molecule is Cc1cc([C]2[CH][CH][CH][CH]2)cc(-c2ccccc2)n1.[CH]1[CH][CH][CH][CH]1.[Fe]. The molecule has 0 amide bonds. The average Bonchev–Trinajstić information content (AvgIpc) is 3.31. The summed E-state index contributed by atoms with van der Waals surface area (Å²) >= 11 is 0. The molecule has 0 spiro atoms. The van der Waals surface area contributed by atoms with Crippen LogP contribution < -0.4 is 0 Å². The van der Waals surface area contributed by atoms with Gasteiger partial charge in [0.1, 0.15) is 0 Å². The standard InChI is InChI=1S/C17H14N.C5H5.Fe/c1-13-11-16(14-7-5-6-8-14)12-17(18-13)15-9-3-2-4-10-15;1-2-4-5-3-1;/h2-12H,1H3;1-5H;. The maximum atomic E-state index is 4.61. The second-order valence-corrected chi connectivity index (χ2v) is 5.38. The number of hydrogen-bond donors (Lipinski definition) is 0. The molecule has 2 aromatic rings. The molecule has 4 rings (SSSR count). The Labute approximate surface area is 157 Å². The van der Waals surface area contributed by atoms with Crippen LogP contribution in [0.3, 0.4) is 0 Å². The molecule has 1 aromatic carbocycles. The summed E-state index contributed by atoms with van der Waals surface area (Å²) in [7, 11) is 0. The van der Waals surface area contributed by atoms with Crippen LogP contribution in [0.5, 0.6) is 0 Å². The Kier molecular flexibility index (Phi) is 8.02. The summed E-state index contributed by atoms with van der Waals surface area (Å²) in [5, 5.41) is 0. The maximum Gasteiger partial charge on any atom is 0.0708 e. The van der Waals surface area contributed by atoms with E-state index in [9.17, 15) is 0 Å². The van der Waals surface area contributed by atoms with E-state index in [1.165, 1.54) is 11.5 Å². The van der Waals surface area contributed by atoms with Crippen molar-refractivity contribution in [2.24, 2.45) is 0 Å².